The van der Waals surface area contributed by atoms with Crippen LogP contribution in [0.3, 0.4) is 0 Å². The predicted molar refractivity (Wildman–Crippen MR) is 69.3 cm³/mol. The van der Waals surface area contributed by atoms with Crippen molar-refractivity contribution >= 4 is 0 Å². The Labute approximate surface area is 105 Å². The second kappa shape index (κ2) is 6.17. The molecule has 2 aliphatic rings. The molecule has 0 aromatic heterocycles. The van der Waals surface area contributed by atoms with E-state index < -0.39 is 0 Å². The summed E-state index contributed by atoms with van der Waals surface area (Å²) in [4.78, 5) is 0. The lowest BCUT2D eigenvalue weighted by atomic mass is 9.84. The third-order valence-corrected chi connectivity index (χ3v) is 4.14. The van der Waals surface area contributed by atoms with Gasteiger partial charge in [-0.05, 0) is 39.0 Å². The first-order chi connectivity index (χ1) is 8.24. The Balaban J connectivity index is 1.83. The molecule has 2 unspecified atom stereocenters. The van der Waals surface area contributed by atoms with Crippen LogP contribution in [0.15, 0.2) is 0 Å². The zero-order valence-electron chi connectivity index (χ0n) is 11.3. The largest absolute Gasteiger partial charge is 0.381 e. The molecule has 1 N–H and O–H groups in total. The van der Waals surface area contributed by atoms with E-state index in [1.165, 1.54) is 19.3 Å². The molecule has 0 bridgehead atoms. The number of nitrogens with one attached hydrogen (secondary N) is 1. The molecule has 2 fully saturated rings. The second-order valence-electron chi connectivity index (χ2n) is 5.69. The Morgan fingerprint density at radius 3 is 2.76 bits per heavy atom. The van der Waals surface area contributed by atoms with E-state index in [2.05, 4.69) is 19.2 Å². The van der Waals surface area contributed by atoms with Gasteiger partial charge in [-0.15, -0.1) is 0 Å². The Morgan fingerprint density at radius 1 is 1.29 bits per heavy atom. The van der Waals surface area contributed by atoms with Gasteiger partial charge in [0.2, 0.25) is 0 Å². The molecule has 0 amide bonds. The molecule has 2 heterocycles. The van der Waals surface area contributed by atoms with Crippen LogP contribution in [-0.2, 0) is 9.47 Å². The molecule has 1 spiro atoms. The monoisotopic (exact) mass is 241 g/mol. The normalized spacial score (nSPS) is 30.4. The molecule has 3 heteroatoms. The lowest BCUT2D eigenvalue weighted by molar-refractivity contribution is -0.140. The highest BCUT2D eigenvalue weighted by Crippen LogP contribution is 2.34. The summed E-state index contributed by atoms with van der Waals surface area (Å²) in [6, 6.07) is 1.28. The molecule has 0 aromatic carbocycles. The van der Waals surface area contributed by atoms with Crippen LogP contribution in [0.5, 0.6) is 0 Å². The van der Waals surface area contributed by atoms with E-state index in [4.69, 9.17) is 9.47 Å². The SMILES string of the molecule is CCCC(C)NC1CCOC2(CCOCC2)C1. The molecule has 0 aliphatic carbocycles. The van der Waals surface area contributed by atoms with Crippen molar-refractivity contribution in [3.05, 3.63) is 0 Å². The lowest BCUT2D eigenvalue weighted by Gasteiger charge is -2.44. The number of rotatable bonds is 4. The Morgan fingerprint density at radius 2 is 2.06 bits per heavy atom. The quantitative estimate of drug-likeness (QED) is 0.820. The Kier molecular flexibility index (Phi) is 4.83. The number of hydrogen-bond acceptors (Lipinski definition) is 3. The summed E-state index contributed by atoms with van der Waals surface area (Å²) in [5, 5.41) is 3.77. The molecule has 100 valence electrons. The molecule has 2 rings (SSSR count). The minimum Gasteiger partial charge on any atom is -0.381 e. The van der Waals surface area contributed by atoms with Crippen LogP contribution in [0.2, 0.25) is 0 Å². The summed E-state index contributed by atoms with van der Waals surface area (Å²) in [6.07, 6.45) is 7.02. The summed E-state index contributed by atoms with van der Waals surface area (Å²) in [7, 11) is 0. The standard InChI is InChI=1S/C14H27NO2/c1-3-4-12(2)15-13-5-8-17-14(11-13)6-9-16-10-7-14/h12-13,15H,3-11H2,1-2H3. The highest BCUT2D eigenvalue weighted by molar-refractivity contribution is 4.92. The first kappa shape index (κ1) is 13.3. The van der Waals surface area contributed by atoms with Gasteiger partial charge in [-0.2, -0.15) is 0 Å². The van der Waals surface area contributed by atoms with E-state index >= 15 is 0 Å². The fourth-order valence-corrected chi connectivity index (χ4v) is 3.18. The van der Waals surface area contributed by atoms with Gasteiger partial charge in [-0.3, -0.25) is 0 Å². The summed E-state index contributed by atoms with van der Waals surface area (Å²) < 4.78 is 11.5. The van der Waals surface area contributed by atoms with Crippen LogP contribution in [0, 0.1) is 0 Å². The first-order valence-corrected chi connectivity index (χ1v) is 7.22. The average molecular weight is 241 g/mol. The molecule has 2 aliphatic heterocycles. The van der Waals surface area contributed by atoms with Crippen LogP contribution in [-0.4, -0.2) is 37.5 Å². The van der Waals surface area contributed by atoms with Crippen LogP contribution in [0.25, 0.3) is 0 Å². The lowest BCUT2D eigenvalue weighted by Crippen LogP contribution is -2.51. The Bertz CT molecular complexity index is 221. The zero-order valence-corrected chi connectivity index (χ0v) is 11.3. The van der Waals surface area contributed by atoms with E-state index in [1.807, 2.05) is 0 Å². The minimum atomic E-state index is 0.125. The van der Waals surface area contributed by atoms with Crippen LogP contribution >= 0.6 is 0 Å². The van der Waals surface area contributed by atoms with Crippen molar-refractivity contribution < 1.29 is 9.47 Å². The molecular formula is C14H27NO2. The third kappa shape index (κ3) is 3.67. The molecule has 0 saturated carbocycles. The minimum absolute atomic E-state index is 0.125. The number of ether oxygens (including phenoxy) is 2. The zero-order chi connectivity index (χ0) is 12.1. The van der Waals surface area contributed by atoms with Crippen molar-refractivity contribution in [2.75, 3.05) is 19.8 Å². The van der Waals surface area contributed by atoms with Gasteiger partial charge in [0.25, 0.3) is 0 Å². The first-order valence-electron chi connectivity index (χ1n) is 7.22. The van der Waals surface area contributed by atoms with Crippen molar-refractivity contribution in [1.82, 2.24) is 5.32 Å². The van der Waals surface area contributed by atoms with Gasteiger partial charge in [-0.25, -0.2) is 0 Å². The fraction of sp³-hybridized carbons (Fsp3) is 1.00. The van der Waals surface area contributed by atoms with Crippen molar-refractivity contribution in [1.29, 1.82) is 0 Å². The van der Waals surface area contributed by atoms with Crippen LogP contribution in [0.4, 0.5) is 0 Å². The smallest absolute Gasteiger partial charge is 0.0741 e. The maximum Gasteiger partial charge on any atom is 0.0741 e. The topological polar surface area (TPSA) is 30.5 Å². The van der Waals surface area contributed by atoms with Gasteiger partial charge in [0, 0.05) is 31.9 Å². The Hall–Kier alpha value is -0.120. The van der Waals surface area contributed by atoms with E-state index in [1.54, 1.807) is 0 Å². The van der Waals surface area contributed by atoms with E-state index in [-0.39, 0.29) is 5.60 Å². The van der Waals surface area contributed by atoms with Crippen LogP contribution < -0.4 is 5.32 Å². The molecule has 2 atom stereocenters. The van der Waals surface area contributed by atoms with E-state index in [9.17, 15) is 0 Å². The number of hydrogen-bond donors (Lipinski definition) is 1. The van der Waals surface area contributed by atoms with Crippen molar-refractivity contribution in [3.8, 4) is 0 Å². The van der Waals surface area contributed by atoms with Gasteiger partial charge in [0.05, 0.1) is 5.60 Å². The van der Waals surface area contributed by atoms with Gasteiger partial charge in [0.15, 0.2) is 0 Å². The fourth-order valence-electron chi connectivity index (χ4n) is 3.18. The van der Waals surface area contributed by atoms with Gasteiger partial charge in [0.1, 0.15) is 0 Å². The third-order valence-electron chi connectivity index (χ3n) is 4.14. The van der Waals surface area contributed by atoms with Crippen molar-refractivity contribution in [3.63, 3.8) is 0 Å². The average Bonchev–Trinajstić information content (AvgIpc) is 2.30. The van der Waals surface area contributed by atoms with Gasteiger partial charge in [-0.1, -0.05) is 13.3 Å². The summed E-state index contributed by atoms with van der Waals surface area (Å²) >= 11 is 0. The van der Waals surface area contributed by atoms with E-state index in [0.29, 0.717) is 12.1 Å². The molecule has 0 aromatic rings. The maximum absolute atomic E-state index is 6.06. The summed E-state index contributed by atoms with van der Waals surface area (Å²) in [5.74, 6) is 0. The van der Waals surface area contributed by atoms with Gasteiger partial charge < -0.3 is 14.8 Å². The molecular weight excluding hydrogens is 214 g/mol. The highest BCUT2D eigenvalue weighted by atomic mass is 16.5. The summed E-state index contributed by atoms with van der Waals surface area (Å²) in [5.41, 5.74) is 0.125. The molecule has 0 radical (unpaired) electrons. The molecule has 2 saturated heterocycles. The molecule has 3 nitrogen and oxygen atoms in total. The second-order valence-corrected chi connectivity index (χ2v) is 5.69. The van der Waals surface area contributed by atoms with Crippen molar-refractivity contribution in [2.24, 2.45) is 0 Å². The summed E-state index contributed by atoms with van der Waals surface area (Å²) in [6.45, 7) is 7.21. The van der Waals surface area contributed by atoms with E-state index in [0.717, 1.165) is 39.1 Å². The molecule has 17 heavy (non-hydrogen) atoms. The van der Waals surface area contributed by atoms with Crippen molar-refractivity contribution in [2.45, 2.75) is 70.1 Å². The highest BCUT2D eigenvalue weighted by Gasteiger charge is 2.39. The van der Waals surface area contributed by atoms with Gasteiger partial charge >= 0.3 is 0 Å². The maximum atomic E-state index is 6.06. The van der Waals surface area contributed by atoms with Crippen LogP contribution in [0.1, 0.15) is 52.4 Å². The predicted octanol–water partition coefficient (Wildman–Crippen LogP) is 2.49.